The van der Waals surface area contributed by atoms with E-state index in [-0.39, 0.29) is 11.6 Å². The third kappa shape index (κ3) is 3.39. The van der Waals surface area contributed by atoms with E-state index in [0.29, 0.717) is 36.3 Å². The number of pyridine rings is 1. The van der Waals surface area contributed by atoms with E-state index in [9.17, 15) is 0 Å². The quantitative estimate of drug-likeness (QED) is 0.524. The molecular formula is C22H19N5O3. The van der Waals surface area contributed by atoms with Gasteiger partial charge in [-0.05, 0) is 31.2 Å². The van der Waals surface area contributed by atoms with Crippen LogP contribution in [0.1, 0.15) is 5.69 Å². The summed E-state index contributed by atoms with van der Waals surface area (Å²) in [4.78, 5) is 13.0. The van der Waals surface area contributed by atoms with Crippen LogP contribution in [0.4, 0.5) is 17.2 Å². The van der Waals surface area contributed by atoms with E-state index in [1.807, 2.05) is 55.5 Å². The summed E-state index contributed by atoms with van der Waals surface area (Å²) in [7, 11) is 0. The first-order chi connectivity index (χ1) is 14.7. The maximum atomic E-state index is 6.30. The second kappa shape index (κ2) is 7.40. The van der Waals surface area contributed by atoms with E-state index in [0.717, 1.165) is 22.3 Å². The summed E-state index contributed by atoms with van der Waals surface area (Å²) in [6, 6.07) is 15.2. The highest BCUT2D eigenvalue weighted by Crippen LogP contribution is 2.36. The molecule has 0 saturated carbocycles. The fourth-order valence-electron chi connectivity index (χ4n) is 3.22. The number of nitrogens with two attached hydrogens (primary N) is 1. The van der Waals surface area contributed by atoms with Gasteiger partial charge in [-0.25, -0.2) is 9.97 Å². The first-order valence-corrected chi connectivity index (χ1v) is 9.49. The zero-order valence-electron chi connectivity index (χ0n) is 16.3. The van der Waals surface area contributed by atoms with Crippen LogP contribution in [0.25, 0.3) is 10.9 Å². The molecule has 0 aliphatic carbocycles. The lowest BCUT2D eigenvalue weighted by molar-refractivity contribution is 0.171. The SMILES string of the molecule is Cc1ccc2cccc(Oc3ncnc(Nc4ccc5c(c4)OCCO5)c3N)c2n1. The summed E-state index contributed by atoms with van der Waals surface area (Å²) >= 11 is 0. The zero-order valence-corrected chi connectivity index (χ0v) is 16.3. The third-order valence-electron chi connectivity index (χ3n) is 4.68. The first-order valence-electron chi connectivity index (χ1n) is 9.49. The highest BCUT2D eigenvalue weighted by Gasteiger charge is 2.15. The normalized spacial score (nSPS) is 12.6. The van der Waals surface area contributed by atoms with Crippen LogP contribution in [0.2, 0.25) is 0 Å². The lowest BCUT2D eigenvalue weighted by atomic mass is 10.2. The van der Waals surface area contributed by atoms with Crippen molar-refractivity contribution < 1.29 is 14.2 Å². The minimum atomic E-state index is 0.251. The van der Waals surface area contributed by atoms with Gasteiger partial charge in [-0.3, -0.25) is 0 Å². The molecule has 5 rings (SSSR count). The number of benzene rings is 2. The Labute approximate surface area is 172 Å². The molecule has 3 N–H and O–H groups in total. The molecule has 1 aliphatic heterocycles. The van der Waals surface area contributed by atoms with Gasteiger partial charge in [0, 0.05) is 22.8 Å². The molecule has 0 fully saturated rings. The Bertz CT molecular complexity index is 1240. The summed E-state index contributed by atoms with van der Waals surface area (Å²) in [5.74, 6) is 2.64. The summed E-state index contributed by atoms with van der Waals surface area (Å²) in [5, 5.41) is 4.16. The molecule has 0 spiro atoms. The van der Waals surface area contributed by atoms with Crippen molar-refractivity contribution in [1.29, 1.82) is 0 Å². The molecule has 0 bridgehead atoms. The number of hydrogen-bond acceptors (Lipinski definition) is 8. The standard InChI is InChI=1S/C22H19N5O3/c1-13-5-6-14-3-2-4-17(20(14)26-13)30-22-19(23)21(24-12-25-22)27-15-7-8-16-18(11-15)29-10-9-28-16/h2-8,11-12H,9-10,23H2,1H3,(H,24,25,27). The Morgan fingerprint density at radius 3 is 2.77 bits per heavy atom. The second-order valence-electron chi connectivity index (χ2n) is 6.81. The minimum Gasteiger partial charge on any atom is -0.486 e. The van der Waals surface area contributed by atoms with Crippen molar-refractivity contribution >= 4 is 28.1 Å². The van der Waals surface area contributed by atoms with Crippen molar-refractivity contribution in [3.63, 3.8) is 0 Å². The number of para-hydroxylation sites is 1. The van der Waals surface area contributed by atoms with Gasteiger partial charge in [-0.1, -0.05) is 18.2 Å². The number of ether oxygens (including phenoxy) is 3. The van der Waals surface area contributed by atoms with Crippen LogP contribution in [0.5, 0.6) is 23.1 Å². The van der Waals surface area contributed by atoms with Gasteiger partial charge in [0.2, 0.25) is 5.88 Å². The van der Waals surface area contributed by atoms with E-state index in [4.69, 9.17) is 19.9 Å². The number of nitrogens with zero attached hydrogens (tertiary/aromatic N) is 3. The van der Waals surface area contributed by atoms with Gasteiger partial charge < -0.3 is 25.3 Å². The van der Waals surface area contributed by atoms with Gasteiger partial charge in [-0.15, -0.1) is 0 Å². The maximum Gasteiger partial charge on any atom is 0.248 e. The second-order valence-corrected chi connectivity index (χ2v) is 6.81. The Morgan fingerprint density at radius 1 is 1.00 bits per heavy atom. The summed E-state index contributed by atoms with van der Waals surface area (Å²) in [6.45, 7) is 3.00. The van der Waals surface area contributed by atoms with Gasteiger partial charge in [0.05, 0.1) is 0 Å². The molecule has 1 aliphatic rings. The lowest BCUT2D eigenvalue weighted by Crippen LogP contribution is -2.15. The molecule has 8 heteroatoms. The summed E-state index contributed by atoms with van der Waals surface area (Å²) in [5.41, 5.74) is 9.00. The molecule has 8 nitrogen and oxygen atoms in total. The molecular weight excluding hydrogens is 382 g/mol. The maximum absolute atomic E-state index is 6.30. The van der Waals surface area contributed by atoms with E-state index >= 15 is 0 Å². The van der Waals surface area contributed by atoms with Crippen LogP contribution in [0.3, 0.4) is 0 Å². The fraction of sp³-hybridized carbons (Fsp3) is 0.136. The Balaban J connectivity index is 1.45. The molecule has 0 unspecified atom stereocenters. The average Bonchev–Trinajstić information content (AvgIpc) is 2.77. The van der Waals surface area contributed by atoms with Crippen LogP contribution in [0.15, 0.2) is 54.9 Å². The van der Waals surface area contributed by atoms with Crippen molar-refractivity contribution in [2.75, 3.05) is 24.3 Å². The molecule has 0 amide bonds. The number of fused-ring (bicyclic) bond motifs is 2. The highest BCUT2D eigenvalue weighted by molar-refractivity contribution is 5.85. The largest absolute Gasteiger partial charge is 0.486 e. The van der Waals surface area contributed by atoms with Crippen molar-refractivity contribution in [2.24, 2.45) is 0 Å². The summed E-state index contributed by atoms with van der Waals surface area (Å²) in [6.07, 6.45) is 1.40. The monoisotopic (exact) mass is 401 g/mol. The lowest BCUT2D eigenvalue weighted by Gasteiger charge is -2.19. The van der Waals surface area contributed by atoms with Gasteiger partial charge >= 0.3 is 0 Å². The van der Waals surface area contributed by atoms with Gasteiger partial charge in [0.1, 0.15) is 30.7 Å². The molecule has 2 aromatic carbocycles. The minimum absolute atomic E-state index is 0.251. The van der Waals surface area contributed by atoms with Gasteiger partial charge in [0.25, 0.3) is 0 Å². The van der Waals surface area contributed by atoms with Crippen LogP contribution in [-0.2, 0) is 0 Å². The number of nitrogen functional groups attached to an aromatic ring is 1. The van der Waals surface area contributed by atoms with Gasteiger partial charge in [-0.2, -0.15) is 4.98 Å². The Morgan fingerprint density at radius 2 is 1.87 bits per heavy atom. The summed E-state index contributed by atoms with van der Waals surface area (Å²) < 4.78 is 17.2. The zero-order chi connectivity index (χ0) is 20.5. The number of aromatic nitrogens is 3. The van der Waals surface area contributed by atoms with E-state index in [2.05, 4.69) is 20.3 Å². The van der Waals surface area contributed by atoms with Crippen LogP contribution >= 0.6 is 0 Å². The highest BCUT2D eigenvalue weighted by atomic mass is 16.6. The number of anilines is 3. The number of nitrogens with one attached hydrogen (secondary N) is 1. The number of rotatable bonds is 4. The fourth-order valence-corrected chi connectivity index (χ4v) is 3.22. The molecule has 4 aromatic rings. The van der Waals surface area contributed by atoms with E-state index < -0.39 is 0 Å². The van der Waals surface area contributed by atoms with Crippen LogP contribution in [0, 0.1) is 6.92 Å². The predicted octanol–water partition coefficient (Wildman–Crippen LogP) is 4.22. The Kier molecular flexibility index (Phi) is 4.44. The predicted molar refractivity (Wildman–Crippen MR) is 114 cm³/mol. The molecule has 2 aromatic heterocycles. The van der Waals surface area contributed by atoms with E-state index in [1.54, 1.807) is 0 Å². The van der Waals surface area contributed by atoms with E-state index in [1.165, 1.54) is 6.33 Å². The molecule has 0 radical (unpaired) electrons. The van der Waals surface area contributed by atoms with Crippen molar-refractivity contribution in [2.45, 2.75) is 6.92 Å². The molecule has 0 atom stereocenters. The number of aryl methyl sites for hydroxylation is 1. The molecule has 0 saturated heterocycles. The molecule has 3 heterocycles. The van der Waals surface area contributed by atoms with Crippen LogP contribution < -0.4 is 25.3 Å². The molecule has 30 heavy (non-hydrogen) atoms. The Hall–Kier alpha value is -4.07. The van der Waals surface area contributed by atoms with Crippen molar-refractivity contribution in [3.8, 4) is 23.1 Å². The third-order valence-corrected chi connectivity index (χ3v) is 4.68. The van der Waals surface area contributed by atoms with Gasteiger partial charge in [0.15, 0.2) is 23.1 Å². The number of hydrogen-bond donors (Lipinski definition) is 2. The van der Waals surface area contributed by atoms with Crippen molar-refractivity contribution in [3.05, 3.63) is 60.6 Å². The first kappa shape index (κ1) is 18.0. The van der Waals surface area contributed by atoms with Crippen LogP contribution in [-0.4, -0.2) is 28.2 Å². The van der Waals surface area contributed by atoms with Crippen molar-refractivity contribution in [1.82, 2.24) is 15.0 Å². The topological polar surface area (TPSA) is 104 Å². The molecule has 150 valence electrons. The smallest absolute Gasteiger partial charge is 0.248 e. The average molecular weight is 401 g/mol.